The molecule has 0 spiro atoms. The van der Waals surface area contributed by atoms with Crippen molar-refractivity contribution in [2.75, 3.05) is 39.1 Å². The molecule has 5 nitrogen and oxygen atoms in total. The number of amides is 1. The highest BCUT2D eigenvalue weighted by Gasteiger charge is 2.23. The largest absolute Gasteiger partial charge is 0.379 e. The number of nitrogens with zero attached hydrogens (tertiary/aromatic N) is 2. The van der Waals surface area contributed by atoms with Gasteiger partial charge in [-0.3, -0.25) is 14.7 Å². The number of morpholine rings is 1. The van der Waals surface area contributed by atoms with Gasteiger partial charge in [-0.1, -0.05) is 18.2 Å². The predicted molar refractivity (Wildman–Crippen MR) is 104 cm³/mol. The molecule has 0 aliphatic carbocycles. The van der Waals surface area contributed by atoms with Crippen LogP contribution in [0.25, 0.3) is 0 Å². The van der Waals surface area contributed by atoms with Crippen LogP contribution in [0.2, 0.25) is 0 Å². The first-order chi connectivity index (χ1) is 12.8. The molecule has 1 aliphatic rings. The second-order valence-electron chi connectivity index (χ2n) is 6.28. The van der Waals surface area contributed by atoms with Crippen molar-refractivity contribution in [3.63, 3.8) is 0 Å². The van der Waals surface area contributed by atoms with E-state index < -0.39 is 0 Å². The molecule has 1 saturated heterocycles. The number of benzene rings is 1. The smallest absolute Gasteiger partial charge is 0.224 e. The lowest BCUT2D eigenvalue weighted by Gasteiger charge is -2.34. The van der Waals surface area contributed by atoms with Crippen molar-refractivity contribution >= 4 is 17.7 Å². The maximum atomic E-state index is 12.4. The van der Waals surface area contributed by atoms with Crippen molar-refractivity contribution in [3.8, 4) is 0 Å². The van der Waals surface area contributed by atoms with Gasteiger partial charge in [0.2, 0.25) is 5.91 Å². The van der Waals surface area contributed by atoms with Crippen LogP contribution in [-0.2, 0) is 16.0 Å². The lowest BCUT2D eigenvalue weighted by molar-refractivity contribution is -0.120. The number of thioether (sulfide) groups is 1. The van der Waals surface area contributed by atoms with Crippen molar-refractivity contribution in [2.24, 2.45) is 0 Å². The highest BCUT2D eigenvalue weighted by atomic mass is 32.2. The fourth-order valence-electron chi connectivity index (χ4n) is 3.12. The van der Waals surface area contributed by atoms with Crippen molar-refractivity contribution < 1.29 is 9.53 Å². The van der Waals surface area contributed by atoms with Gasteiger partial charge in [0.1, 0.15) is 0 Å². The van der Waals surface area contributed by atoms with Gasteiger partial charge in [-0.25, -0.2) is 0 Å². The molecule has 1 fully saturated rings. The molecule has 1 aromatic heterocycles. The van der Waals surface area contributed by atoms with E-state index >= 15 is 0 Å². The van der Waals surface area contributed by atoms with E-state index in [9.17, 15) is 4.79 Å². The molecule has 3 rings (SSSR count). The molecule has 26 heavy (non-hydrogen) atoms. The Morgan fingerprint density at radius 1 is 1.27 bits per heavy atom. The number of ether oxygens (including phenoxy) is 1. The third kappa shape index (κ3) is 5.30. The van der Waals surface area contributed by atoms with E-state index in [1.54, 1.807) is 18.0 Å². The van der Waals surface area contributed by atoms with Crippen LogP contribution in [0, 0.1) is 0 Å². The first kappa shape index (κ1) is 18.9. The summed E-state index contributed by atoms with van der Waals surface area (Å²) in [5.74, 6) is 0.0454. The van der Waals surface area contributed by atoms with Crippen LogP contribution < -0.4 is 5.32 Å². The van der Waals surface area contributed by atoms with Crippen LogP contribution in [0.1, 0.15) is 17.2 Å². The molecular weight excluding hydrogens is 346 g/mol. The standard InChI is InChI=1S/C20H25N3O2S/c1-26-18-6-4-16(5-7-18)13-20(24)22-15-19(17-3-2-8-21-14-17)23-9-11-25-12-10-23/h2-8,14,19H,9-13,15H2,1H3,(H,22,24)/t19-/m0/s1. The Morgan fingerprint density at radius 2 is 2.04 bits per heavy atom. The summed E-state index contributed by atoms with van der Waals surface area (Å²) in [4.78, 5) is 20.2. The first-order valence-corrected chi connectivity index (χ1v) is 10.1. The molecule has 2 aromatic rings. The third-order valence-corrected chi connectivity index (χ3v) is 5.32. The summed E-state index contributed by atoms with van der Waals surface area (Å²) in [6.07, 6.45) is 6.10. The molecular formula is C20H25N3O2S. The summed E-state index contributed by atoms with van der Waals surface area (Å²) in [6.45, 7) is 3.77. The molecule has 1 N–H and O–H groups in total. The number of nitrogens with one attached hydrogen (secondary N) is 1. The molecule has 138 valence electrons. The summed E-state index contributed by atoms with van der Waals surface area (Å²) in [5.41, 5.74) is 2.16. The van der Waals surface area contributed by atoms with E-state index in [0.717, 1.165) is 37.4 Å². The zero-order chi connectivity index (χ0) is 18.2. The van der Waals surface area contributed by atoms with Gasteiger partial charge in [-0.15, -0.1) is 11.8 Å². The van der Waals surface area contributed by atoms with Gasteiger partial charge in [0.25, 0.3) is 0 Å². The van der Waals surface area contributed by atoms with Crippen LogP contribution in [0.15, 0.2) is 53.7 Å². The Morgan fingerprint density at radius 3 is 2.69 bits per heavy atom. The van der Waals surface area contributed by atoms with Crippen molar-refractivity contribution in [3.05, 3.63) is 59.9 Å². The predicted octanol–water partition coefficient (Wildman–Crippen LogP) is 2.54. The molecule has 2 heterocycles. The molecule has 6 heteroatoms. The summed E-state index contributed by atoms with van der Waals surface area (Å²) in [7, 11) is 0. The van der Waals surface area contributed by atoms with Gasteiger partial charge in [0.05, 0.1) is 25.7 Å². The van der Waals surface area contributed by atoms with E-state index in [1.807, 2.05) is 30.7 Å². The fourth-order valence-corrected chi connectivity index (χ4v) is 3.53. The van der Waals surface area contributed by atoms with Gasteiger partial charge >= 0.3 is 0 Å². The molecule has 1 atom stereocenters. The van der Waals surface area contributed by atoms with Gasteiger partial charge in [0.15, 0.2) is 0 Å². The number of carbonyl (C=O) groups excluding carboxylic acids is 1. The number of hydrogen-bond acceptors (Lipinski definition) is 5. The maximum Gasteiger partial charge on any atom is 0.224 e. The Hall–Kier alpha value is -1.89. The summed E-state index contributed by atoms with van der Waals surface area (Å²) in [5, 5.41) is 3.10. The first-order valence-electron chi connectivity index (χ1n) is 8.87. The van der Waals surface area contributed by atoms with Crippen LogP contribution in [0.3, 0.4) is 0 Å². The minimum atomic E-state index is 0.0454. The van der Waals surface area contributed by atoms with Gasteiger partial charge in [0, 0.05) is 36.9 Å². The van der Waals surface area contributed by atoms with Crippen molar-refractivity contribution in [2.45, 2.75) is 17.4 Å². The lowest BCUT2D eigenvalue weighted by Crippen LogP contribution is -2.44. The molecule has 1 amide bonds. The van der Waals surface area contributed by atoms with Crippen LogP contribution in [-0.4, -0.2) is 54.9 Å². The van der Waals surface area contributed by atoms with E-state index in [2.05, 4.69) is 33.4 Å². The Bertz CT molecular complexity index is 688. The Kier molecular flexibility index (Phi) is 7.05. The second kappa shape index (κ2) is 9.71. The van der Waals surface area contributed by atoms with Crippen molar-refractivity contribution in [1.82, 2.24) is 15.2 Å². The van der Waals surface area contributed by atoms with Gasteiger partial charge < -0.3 is 10.1 Å². The van der Waals surface area contributed by atoms with Gasteiger partial charge in [-0.2, -0.15) is 0 Å². The van der Waals surface area contributed by atoms with E-state index in [1.165, 1.54) is 4.90 Å². The Balaban J connectivity index is 1.60. The minimum Gasteiger partial charge on any atom is -0.379 e. The van der Waals surface area contributed by atoms with Crippen LogP contribution >= 0.6 is 11.8 Å². The average molecular weight is 372 g/mol. The van der Waals surface area contributed by atoms with Gasteiger partial charge in [-0.05, 0) is 35.6 Å². The van der Waals surface area contributed by atoms with E-state index in [0.29, 0.717) is 13.0 Å². The zero-order valence-electron chi connectivity index (χ0n) is 15.1. The molecule has 0 bridgehead atoms. The zero-order valence-corrected chi connectivity index (χ0v) is 15.9. The Labute approximate surface area is 159 Å². The van der Waals surface area contributed by atoms with E-state index in [4.69, 9.17) is 4.74 Å². The molecule has 0 unspecified atom stereocenters. The fraction of sp³-hybridized carbons (Fsp3) is 0.400. The molecule has 1 aromatic carbocycles. The van der Waals surface area contributed by atoms with E-state index in [-0.39, 0.29) is 11.9 Å². The highest BCUT2D eigenvalue weighted by Crippen LogP contribution is 2.20. The SMILES string of the molecule is CSc1ccc(CC(=O)NC[C@@H](c2cccnc2)N2CCOCC2)cc1. The maximum absolute atomic E-state index is 12.4. The average Bonchev–Trinajstić information content (AvgIpc) is 2.70. The number of pyridine rings is 1. The second-order valence-corrected chi connectivity index (χ2v) is 7.16. The summed E-state index contributed by atoms with van der Waals surface area (Å²) >= 11 is 1.70. The molecule has 1 aliphatic heterocycles. The normalized spacial score (nSPS) is 16.2. The van der Waals surface area contributed by atoms with Crippen molar-refractivity contribution in [1.29, 1.82) is 0 Å². The summed E-state index contributed by atoms with van der Waals surface area (Å²) in [6, 6.07) is 12.3. The monoisotopic (exact) mass is 371 g/mol. The lowest BCUT2D eigenvalue weighted by atomic mass is 10.1. The highest BCUT2D eigenvalue weighted by molar-refractivity contribution is 7.98. The number of carbonyl (C=O) groups is 1. The van der Waals surface area contributed by atoms with Crippen LogP contribution in [0.4, 0.5) is 0 Å². The molecule has 0 radical (unpaired) electrons. The number of rotatable bonds is 7. The third-order valence-electron chi connectivity index (χ3n) is 4.57. The van der Waals surface area contributed by atoms with Crippen LogP contribution in [0.5, 0.6) is 0 Å². The quantitative estimate of drug-likeness (QED) is 0.758. The summed E-state index contributed by atoms with van der Waals surface area (Å²) < 4.78 is 5.46. The molecule has 0 saturated carbocycles. The number of hydrogen-bond donors (Lipinski definition) is 1. The topological polar surface area (TPSA) is 54.5 Å². The minimum absolute atomic E-state index is 0.0454. The number of aromatic nitrogens is 1.